The summed E-state index contributed by atoms with van der Waals surface area (Å²) in [4.78, 5) is 31.2. The maximum Gasteiger partial charge on any atom is 0.407 e. The van der Waals surface area contributed by atoms with Crippen LogP contribution >= 0.6 is 0 Å². The third kappa shape index (κ3) is 7.77. The van der Waals surface area contributed by atoms with E-state index in [0.717, 1.165) is 19.5 Å². The highest BCUT2D eigenvalue weighted by Gasteiger charge is 2.23. The molecule has 0 aromatic rings. The molecule has 0 aromatic heterocycles. The number of hydrogen-bond acceptors (Lipinski definition) is 4. The average molecular weight is 274 g/mol. The summed E-state index contributed by atoms with van der Waals surface area (Å²) < 4.78 is 0. The van der Waals surface area contributed by atoms with E-state index in [2.05, 4.69) is 5.32 Å². The van der Waals surface area contributed by atoms with Crippen LogP contribution in [0.5, 0.6) is 0 Å². The average Bonchev–Trinajstić information content (AvgIpc) is 2.37. The van der Waals surface area contributed by atoms with Crippen LogP contribution in [0.1, 0.15) is 13.3 Å². The van der Waals surface area contributed by atoms with Crippen molar-refractivity contribution >= 4 is 18.0 Å². The van der Waals surface area contributed by atoms with Crippen molar-refractivity contribution in [3.05, 3.63) is 12.2 Å². The van der Waals surface area contributed by atoms with Gasteiger partial charge >= 0.3 is 18.0 Å². The molecule has 1 saturated heterocycles. The number of rotatable bonds is 3. The largest absolute Gasteiger partial charge is 0.478 e. The van der Waals surface area contributed by atoms with Crippen molar-refractivity contribution in [2.45, 2.75) is 19.4 Å². The first-order valence-electron chi connectivity index (χ1n) is 5.72. The minimum Gasteiger partial charge on any atom is -0.478 e. The summed E-state index contributed by atoms with van der Waals surface area (Å²) >= 11 is 0. The second-order valence-electron chi connectivity index (χ2n) is 3.75. The Balaban J connectivity index is 0.000000362. The van der Waals surface area contributed by atoms with E-state index in [-0.39, 0.29) is 6.04 Å². The Hall–Kier alpha value is -2.09. The van der Waals surface area contributed by atoms with Crippen molar-refractivity contribution in [1.29, 1.82) is 0 Å². The van der Waals surface area contributed by atoms with E-state index in [9.17, 15) is 14.4 Å². The van der Waals surface area contributed by atoms with Gasteiger partial charge in [0.25, 0.3) is 0 Å². The third-order valence-corrected chi connectivity index (χ3v) is 2.44. The molecule has 0 aliphatic carbocycles. The fourth-order valence-corrected chi connectivity index (χ4v) is 1.52. The van der Waals surface area contributed by atoms with Gasteiger partial charge in [0.1, 0.15) is 0 Å². The van der Waals surface area contributed by atoms with Gasteiger partial charge in [0.05, 0.1) is 0 Å². The Morgan fingerprint density at radius 2 is 1.74 bits per heavy atom. The molecule has 1 aliphatic rings. The summed E-state index contributed by atoms with van der Waals surface area (Å²) in [6, 6.07) is 0.168. The molecule has 1 amide bonds. The Bertz CT molecular complexity index is 339. The Morgan fingerprint density at radius 1 is 1.21 bits per heavy atom. The van der Waals surface area contributed by atoms with Gasteiger partial charge in [0.15, 0.2) is 0 Å². The van der Waals surface area contributed by atoms with Crippen LogP contribution in [0.2, 0.25) is 0 Å². The molecule has 1 heterocycles. The number of carbonyl (C=O) groups is 3. The van der Waals surface area contributed by atoms with Crippen molar-refractivity contribution in [2.24, 2.45) is 0 Å². The monoisotopic (exact) mass is 274 g/mol. The highest BCUT2D eigenvalue weighted by atomic mass is 16.4. The molecule has 0 spiro atoms. The molecule has 1 rings (SSSR count). The number of piperazine rings is 1. The van der Waals surface area contributed by atoms with Gasteiger partial charge < -0.3 is 25.5 Å². The zero-order chi connectivity index (χ0) is 14.8. The van der Waals surface area contributed by atoms with Crippen LogP contribution in [0.3, 0.4) is 0 Å². The lowest BCUT2D eigenvalue weighted by Gasteiger charge is -2.33. The number of nitrogens with zero attached hydrogens (tertiary/aromatic N) is 1. The van der Waals surface area contributed by atoms with E-state index in [1.165, 1.54) is 4.90 Å². The van der Waals surface area contributed by atoms with Gasteiger partial charge in [-0.15, -0.1) is 0 Å². The lowest BCUT2D eigenvalue weighted by molar-refractivity contribution is -0.134. The maximum absolute atomic E-state index is 10.6. The fraction of sp³-hybridized carbons (Fsp3) is 0.545. The molecule has 8 nitrogen and oxygen atoms in total. The summed E-state index contributed by atoms with van der Waals surface area (Å²) in [5.41, 5.74) is 0. The van der Waals surface area contributed by atoms with Crippen molar-refractivity contribution in [2.75, 3.05) is 19.6 Å². The first kappa shape index (κ1) is 16.9. The van der Waals surface area contributed by atoms with Crippen LogP contribution in [-0.4, -0.2) is 63.9 Å². The predicted octanol–water partition coefficient (Wildman–Crippen LogP) is 0.0600. The lowest BCUT2D eigenvalue weighted by atomic mass is 10.1. The van der Waals surface area contributed by atoms with Crippen LogP contribution in [-0.2, 0) is 9.59 Å². The zero-order valence-corrected chi connectivity index (χ0v) is 10.6. The van der Waals surface area contributed by atoms with Crippen molar-refractivity contribution in [3.8, 4) is 0 Å². The molecule has 0 radical (unpaired) electrons. The van der Waals surface area contributed by atoms with Gasteiger partial charge in [-0.3, -0.25) is 0 Å². The van der Waals surface area contributed by atoms with E-state index in [0.29, 0.717) is 18.7 Å². The second-order valence-corrected chi connectivity index (χ2v) is 3.75. The molecule has 1 unspecified atom stereocenters. The van der Waals surface area contributed by atoms with Crippen molar-refractivity contribution in [1.82, 2.24) is 10.2 Å². The molecule has 8 heteroatoms. The summed E-state index contributed by atoms with van der Waals surface area (Å²) in [5.74, 6) is -2.51. The molecular weight excluding hydrogens is 256 g/mol. The van der Waals surface area contributed by atoms with Gasteiger partial charge in [-0.25, -0.2) is 14.4 Å². The summed E-state index contributed by atoms with van der Waals surface area (Å²) in [6.45, 7) is 4.20. The number of nitrogens with one attached hydrogen (secondary N) is 1. The first-order valence-corrected chi connectivity index (χ1v) is 5.72. The number of aliphatic carboxylic acids is 2. The van der Waals surface area contributed by atoms with Gasteiger partial charge in [0, 0.05) is 37.8 Å². The SMILES string of the molecule is CCC1CNCCN1C(=O)O.O=C(O)C=CC(=O)O. The number of carboxylic acids is 2. The topological polar surface area (TPSA) is 127 Å². The zero-order valence-electron chi connectivity index (χ0n) is 10.6. The standard InChI is InChI=1S/C7H14N2O2.C4H4O4/c1-2-6-5-8-3-4-9(6)7(10)11;5-3(6)1-2-4(7)8/h6,8H,2-5H2,1H3,(H,10,11);1-2H,(H,5,6)(H,7,8). The van der Waals surface area contributed by atoms with Gasteiger partial charge in [-0.05, 0) is 6.42 Å². The summed E-state index contributed by atoms with van der Waals surface area (Å²) in [5, 5.41) is 27.5. The second kappa shape index (κ2) is 8.92. The molecule has 4 N–H and O–H groups in total. The summed E-state index contributed by atoms with van der Waals surface area (Å²) in [7, 11) is 0. The van der Waals surface area contributed by atoms with Crippen LogP contribution < -0.4 is 5.32 Å². The molecular formula is C11H18N2O6. The van der Waals surface area contributed by atoms with Gasteiger partial charge in [0.2, 0.25) is 0 Å². The maximum atomic E-state index is 10.6. The van der Waals surface area contributed by atoms with Crippen LogP contribution in [0.15, 0.2) is 12.2 Å². The molecule has 1 aliphatic heterocycles. The van der Waals surface area contributed by atoms with E-state index in [1.807, 2.05) is 6.92 Å². The van der Waals surface area contributed by atoms with Gasteiger partial charge in [-0.2, -0.15) is 0 Å². The smallest absolute Gasteiger partial charge is 0.407 e. The van der Waals surface area contributed by atoms with E-state index < -0.39 is 18.0 Å². The molecule has 0 aromatic carbocycles. The predicted molar refractivity (Wildman–Crippen MR) is 66.1 cm³/mol. The van der Waals surface area contributed by atoms with Gasteiger partial charge in [-0.1, -0.05) is 6.92 Å². The summed E-state index contributed by atoms with van der Waals surface area (Å²) in [6.07, 6.45) is 1.21. The number of amides is 1. The van der Waals surface area contributed by atoms with E-state index >= 15 is 0 Å². The quantitative estimate of drug-likeness (QED) is 0.536. The Kier molecular flexibility index (Phi) is 7.94. The van der Waals surface area contributed by atoms with Crippen LogP contribution in [0, 0.1) is 0 Å². The molecule has 1 fully saturated rings. The first-order chi connectivity index (χ1) is 8.88. The molecule has 0 saturated carbocycles. The molecule has 108 valence electrons. The Morgan fingerprint density at radius 3 is 2.05 bits per heavy atom. The highest BCUT2D eigenvalue weighted by molar-refractivity contribution is 5.89. The molecule has 1 atom stereocenters. The number of carboxylic acid groups (broad SMARTS) is 3. The highest BCUT2D eigenvalue weighted by Crippen LogP contribution is 2.06. The Labute approximate surface area is 110 Å². The third-order valence-electron chi connectivity index (χ3n) is 2.44. The molecule has 19 heavy (non-hydrogen) atoms. The van der Waals surface area contributed by atoms with E-state index in [4.69, 9.17) is 15.3 Å². The van der Waals surface area contributed by atoms with Crippen LogP contribution in [0.25, 0.3) is 0 Å². The lowest BCUT2D eigenvalue weighted by Crippen LogP contribution is -2.52. The fourth-order valence-electron chi connectivity index (χ4n) is 1.52. The van der Waals surface area contributed by atoms with Crippen LogP contribution in [0.4, 0.5) is 4.79 Å². The number of hydrogen-bond donors (Lipinski definition) is 4. The van der Waals surface area contributed by atoms with Crippen molar-refractivity contribution < 1.29 is 29.7 Å². The minimum atomic E-state index is -1.26. The normalized spacial score (nSPS) is 18.6. The van der Waals surface area contributed by atoms with Crippen molar-refractivity contribution in [3.63, 3.8) is 0 Å². The minimum absolute atomic E-state index is 0.168. The van der Waals surface area contributed by atoms with E-state index in [1.54, 1.807) is 0 Å². The molecule has 0 bridgehead atoms.